The van der Waals surface area contributed by atoms with Crippen molar-refractivity contribution >= 4 is 0 Å². The lowest BCUT2D eigenvalue weighted by atomic mass is 10.2. The number of ether oxygens (including phenoxy) is 1. The summed E-state index contributed by atoms with van der Waals surface area (Å²) in [5, 5.41) is 8.29. The molecule has 0 aliphatic heterocycles. The summed E-state index contributed by atoms with van der Waals surface area (Å²) < 4.78 is 30.5. The van der Waals surface area contributed by atoms with E-state index < -0.39 is 11.6 Å². The second-order valence-electron chi connectivity index (χ2n) is 2.41. The summed E-state index contributed by atoms with van der Waals surface area (Å²) in [7, 11) is 1.25. The predicted octanol–water partition coefficient (Wildman–Crippen LogP) is 1.45. The first kappa shape index (κ1) is 9.88. The van der Waals surface area contributed by atoms with Gasteiger partial charge in [0.05, 0.1) is 7.11 Å². The van der Waals surface area contributed by atoms with Crippen LogP contribution in [0.1, 0.15) is 5.56 Å². The first-order valence-corrected chi connectivity index (χ1v) is 3.58. The largest absolute Gasteiger partial charge is 0.494 e. The number of nitrogens with one attached hydrogen (secondary N) is 1. The second-order valence-corrected chi connectivity index (χ2v) is 2.41. The molecule has 13 heavy (non-hydrogen) atoms. The van der Waals surface area contributed by atoms with Gasteiger partial charge in [-0.15, -0.1) is 0 Å². The molecular formula is C8H9F2NO2. The van der Waals surface area contributed by atoms with E-state index in [4.69, 9.17) is 5.21 Å². The molecule has 0 heterocycles. The van der Waals surface area contributed by atoms with Crippen molar-refractivity contribution in [1.29, 1.82) is 0 Å². The smallest absolute Gasteiger partial charge is 0.165 e. The Labute approximate surface area is 73.9 Å². The first-order chi connectivity index (χ1) is 6.19. The Balaban J connectivity index is 3.05. The van der Waals surface area contributed by atoms with Crippen LogP contribution in [0, 0.1) is 11.6 Å². The maximum absolute atomic E-state index is 13.0. The molecule has 0 aromatic heterocycles. The van der Waals surface area contributed by atoms with Crippen molar-refractivity contribution in [2.24, 2.45) is 0 Å². The quantitative estimate of drug-likeness (QED) is 0.707. The number of hydrogen-bond donors (Lipinski definition) is 2. The van der Waals surface area contributed by atoms with Gasteiger partial charge < -0.3 is 9.94 Å². The third-order valence-corrected chi connectivity index (χ3v) is 1.59. The molecule has 1 aromatic carbocycles. The highest BCUT2D eigenvalue weighted by molar-refractivity contribution is 5.30. The molecule has 1 rings (SSSR count). The monoisotopic (exact) mass is 189 g/mol. The van der Waals surface area contributed by atoms with E-state index in [9.17, 15) is 8.78 Å². The van der Waals surface area contributed by atoms with Gasteiger partial charge in [0, 0.05) is 18.2 Å². The van der Waals surface area contributed by atoms with Crippen LogP contribution in [0.3, 0.4) is 0 Å². The summed E-state index contributed by atoms with van der Waals surface area (Å²) >= 11 is 0. The molecule has 0 atom stereocenters. The first-order valence-electron chi connectivity index (χ1n) is 3.58. The van der Waals surface area contributed by atoms with Gasteiger partial charge in [0.25, 0.3) is 0 Å². The van der Waals surface area contributed by atoms with Crippen LogP contribution >= 0.6 is 0 Å². The SMILES string of the molecule is COc1cc(F)c(CNO)cc1F. The molecule has 0 spiro atoms. The van der Waals surface area contributed by atoms with Crippen molar-refractivity contribution in [3.8, 4) is 5.75 Å². The summed E-state index contributed by atoms with van der Waals surface area (Å²) in [5.41, 5.74) is 1.78. The van der Waals surface area contributed by atoms with Gasteiger partial charge in [-0.25, -0.2) is 14.3 Å². The highest BCUT2D eigenvalue weighted by Crippen LogP contribution is 2.20. The number of methoxy groups -OCH3 is 1. The van der Waals surface area contributed by atoms with Crippen molar-refractivity contribution in [3.63, 3.8) is 0 Å². The van der Waals surface area contributed by atoms with Crippen LogP contribution in [0.2, 0.25) is 0 Å². The molecule has 72 valence electrons. The van der Waals surface area contributed by atoms with Gasteiger partial charge in [-0.2, -0.15) is 0 Å². The molecular weight excluding hydrogens is 180 g/mol. The lowest BCUT2D eigenvalue weighted by Crippen LogP contribution is -2.08. The van der Waals surface area contributed by atoms with E-state index in [-0.39, 0.29) is 17.9 Å². The van der Waals surface area contributed by atoms with Gasteiger partial charge in [0.15, 0.2) is 11.6 Å². The molecule has 1 aromatic rings. The molecule has 3 nitrogen and oxygen atoms in total. The number of hydroxylamine groups is 1. The van der Waals surface area contributed by atoms with Crippen molar-refractivity contribution in [2.75, 3.05) is 7.11 Å². The summed E-state index contributed by atoms with van der Waals surface area (Å²) in [6.07, 6.45) is 0. The fraction of sp³-hybridized carbons (Fsp3) is 0.250. The van der Waals surface area contributed by atoms with Crippen molar-refractivity contribution in [2.45, 2.75) is 6.54 Å². The average molecular weight is 189 g/mol. The molecule has 0 unspecified atom stereocenters. The van der Waals surface area contributed by atoms with E-state index >= 15 is 0 Å². The van der Waals surface area contributed by atoms with E-state index in [1.165, 1.54) is 7.11 Å². The zero-order valence-corrected chi connectivity index (χ0v) is 6.97. The number of halogens is 2. The van der Waals surface area contributed by atoms with Crippen LogP contribution < -0.4 is 10.2 Å². The molecule has 0 aliphatic rings. The standard InChI is InChI=1S/C8H9F2NO2/c1-13-8-3-6(9)5(4-11-12)2-7(8)10/h2-3,11-12H,4H2,1H3. The highest BCUT2D eigenvalue weighted by atomic mass is 19.1. The minimum absolute atomic E-state index is 0.0424. The molecule has 0 radical (unpaired) electrons. The van der Waals surface area contributed by atoms with Crippen LogP contribution in [-0.2, 0) is 6.54 Å². The molecule has 0 saturated heterocycles. The van der Waals surface area contributed by atoms with Gasteiger partial charge in [-0.05, 0) is 6.07 Å². The maximum atomic E-state index is 13.0. The topological polar surface area (TPSA) is 41.5 Å². The van der Waals surface area contributed by atoms with Gasteiger partial charge in [-0.1, -0.05) is 0 Å². The Morgan fingerprint density at radius 2 is 2.08 bits per heavy atom. The summed E-state index contributed by atoms with van der Waals surface area (Å²) in [6, 6.07) is 1.90. The van der Waals surface area contributed by atoms with E-state index in [0.29, 0.717) is 0 Å². The van der Waals surface area contributed by atoms with Crippen LogP contribution in [0.4, 0.5) is 8.78 Å². The molecule has 0 bridgehead atoms. The zero-order valence-electron chi connectivity index (χ0n) is 6.97. The Kier molecular flexibility index (Phi) is 3.16. The number of hydrogen-bond acceptors (Lipinski definition) is 3. The minimum atomic E-state index is -0.658. The van der Waals surface area contributed by atoms with E-state index in [2.05, 4.69) is 4.74 Å². The van der Waals surface area contributed by atoms with Crippen molar-refractivity contribution < 1.29 is 18.7 Å². The number of rotatable bonds is 3. The Hall–Kier alpha value is -1.20. The number of benzene rings is 1. The predicted molar refractivity (Wildman–Crippen MR) is 41.5 cm³/mol. The van der Waals surface area contributed by atoms with E-state index in [1.54, 1.807) is 5.48 Å². The zero-order chi connectivity index (χ0) is 9.84. The van der Waals surface area contributed by atoms with Crippen LogP contribution in [0.5, 0.6) is 5.75 Å². The third kappa shape index (κ3) is 2.13. The molecule has 2 N–H and O–H groups in total. The Morgan fingerprint density at radius 3 is 2.62 bits per heavy atom. The van der Waals surface area contributed by atoms with E-state index in [0.717, 1.165) is 12.1 Å². The van der Waals surface area contributed by atoms with Gasteiger partial charge in [0.1, 0.15) is 5.82 Å². The van der Waals surface area contributed by atoms with Gasteiger partial charge >= 0.3 is 0 Å². The second kappa shape index (κ2) is 4.15. The fourth-order valence-electron chi connectivity index (χ4n) is 0.947. The van der Waals surface area contributed by atoms with E-state index in [1.807, 2.05) is 0 Å². The summed E-state index contributed by atoms with van der Waals surface area (Å²) in [5.74, 6) is -1.44. The van der Waals surface area contributed by atoms with Crippen molar-refractivity contribution in [1.82, 2.24) is 5.48 Å². The van der Waals surface area contributed by atoms with Gasteiger partial charge in [-0.3, -0.25) is 0 Å². The molecule has 0 saturated carbocycles. The molecule has 5 heteroatoms. The normalized spacial score (nSPS) is 10.2. The fourth-order valence-corrected chi connectivity index (χ4v) is 0.947. The Bertz CT molecular complexity index is 304. The van der Waals surface area contributed by atoms with Gasteiger partial charge in [0.2, 0.25) is 0 Å². The highest BCUT2D eigenvalue weighted by Gasteiger charge is 2.09. The van der Waals surface area contributed by atoms with Crippen LogP contribution in [0.25, 0.3) is 0 Å². The maximum Gasteiger partial charge on any atom is 0.165 e. The third-order valence-electron chi connectivity index (χ3n) is 1.59. The Morgan fingerprint density at radius 1 is 1.38 bits per heavy atom. The summed E-state index contributed by atoms with van der Waals surface area (Å²) in [6.45, 7) is -0.146. The molecule has 0 aliphatic carbocycles. The lowest BCUT2D eigenvalue weighted by molar-refractivity contribution is 0.159. The lowest BCUT2D eigenvalue weighted by Gasteiger charge is -2.05. The average Bonchev–Trinajstić information content (AvgIpc) is 2.11. The molecule has 0 fully saturated rings. The van der Waals surface area contributed by atoms with Crippen LogP contribution in [-0.4, -0.2) is 12.3 Å². The molecule has 0 amide bonds. The summed E-state index contributed by atoms with van der Waals surface area (Å²) in [4.78, 5) is 0. The van der Waals surface area contributed by atoms with Crippen LogP contribution in [0.15, 0.2) is 12.1 Å². The van der Waals surface area contributed by atoms with Crippen molar-refractivity contribution in [3.05, 3.63) is 29.3 Å². The minimum Gasteiger partial charge on any atom is -0.494 e.